The van der Waals surface area contributed by atoms with Crippen molar-refractivity contribution in [3.05, 3.63) is 40.9 Å². The lowest BCUT2D eigenvalue weighted by atomic mass is 10.1. The van der Waals surface area contributed by atoms with Gasteiger partial charge in [0.05, 0.1) is 0 Å². The number of carbonyl (C=O) groups excluding carboxylic acids is 1. The molecule has 0 radical (unpaired) electrons. The van der Waals surface area contributed by atoms with Crippen LogP contribution in [0.3, 0.4) is 0 Å². The van der Waals surface area contributed by atoms with Crippen LogP contribution in [0.15, 0.2) is 35.4 Å². The molecular formula is C11H13ClN2O. The highest BCUT2D eigenvalue weighted by atomic mass is 35.5. The second kappa shape index (κ2) is 5.53. The van der Waals surface area contributed by atoms with Gasteiger partial charge in [-0.3, -0.25) is 4.79 Å². The van der Waals surface area contributed by atoms with Crippen molar-refractivity contribution in [2.24, 2.45) is 11.5 Å². The van der Waals surface area contributed by atoms with Gasteiger partial charge in [-0.15, -0.1) is 0 Å². The molecule has 0 saturated carbocycles. The maximum atomic E-state index is 10.6. The van der Waals surface area contributed by atoms with Crippen molar-refractivity contribution >= 4 is 23.6 Å². The Morgan fingerprint density at radius 3 is 2.53 bits per heavy atom. The van der Waals surface area contributed by atoms with E-state index in [1.165, 1.54) is 0 Å². The van der Waals surface area contributed by atoms with Gasteiger partial charge in [0.1, 0.15) is 0 Å². The maximum Gasteiger partial charge on any atom is 0.219 e. The normalized spacial score (nSPS) is 13.6. The van der Waals surface area contributed by atoms with E-state index in [1.54, 1.807) is 6.08 Å². The monoisotopic (exact) mass is 224 g/mol. The fourth-order valence-corrected chi connectivity index (χ4v) is 1.33. The summed E-state index contributed by atoms with van der Waals surface area (Å²) in [6.45, 7) is 0. The van der Waals surface area contributed by atoms with Gasteiger partial charge in [0.15, 0.2) is 0 Å². The highest BCUT2D eigenvalue weighted by Crippen LogP contribution is 2.14. The summed E-state index contributed by atoms with van der Waals surface area (Å²) < 4.78 is 0. The van der Waals surface area contributed by atoms with Crippen LogP contribution in [0.5, 0.6) is 0 Å². The van der Waals surface area contributed by atoms with Crippen LogP contribution in [0.2, 0.25) is 0 Å². The average Bonchev–Trinajstić information content (AvgIpc) is 2.18. The van der Waals surface area contributed by atoms with Gasteiger partial charge < -0.3 is 11.5 Å². The lowest BCUT2D eigenvalue weighted by Gasteiger charge is -2.07. The largest absolute Gasteiger partial charge is 0.370 e. The number of benzene rings is 1. The van der Waals surface area contributed by atoms with E-state index in [1.807, 2.05) is 30.3 Å². The Morgan fingerprint density at radius 2 is 2.00 bits per heavy atom. The highest BCUT2D eigenvalue weighted by molar-refractivity contribution is 6.32. The molecule has 0 spiro atoms. The number of hydrogen-bond acceptors (Lipinski definition) is 2. The second-order valence-electron chi connectivity index (χ2n) is 3.22. The van der Waals surface area contributed by atoms with Gasteiger partial charge in [0.2, 0.25) is 5.91 Å². The fraction of sp³-hybridized carbons (Fsp3) is 0.182. The zero-order valence-corrected chi connectivity index (χ0v) is 8.95. The summed E-state index contributed by atoms with van der Waals surface area (Å²) in [6.07, 6.45) is 1.79. The predicted octanol–water partition coefficient (Wildman–Crippen LogP) is 1.47. The van der Waals surface area contributed by atoms with Gasteiger partial charge in [-0.2, -0.15) is 0 Å². The molecule has 0 aromatic heterocycles. The summed E-state index contributed by atoms with van der Waals surface area (Å²) in [7, 11) is 0. The van der Waals surface area contributed by atoms with Crippen LogP contribution in [0.25, 0.3) is 6.08 Å². The van der Waals surface area contributed by atoms with Gasteiger partial charge in [0.25, 0.3) is 0 Å². The molecule has 0 saturated heterocycles. The molecule has 1 rings (SSSR count). The van der Waals surface area contributed by atoms with Crippen LogP contribution in [0.4, 0.5) is 0 Å². The van der Waals surface area contributed by atoms with Crippen molar-refractivity contribution in [1.82, 2.24) is 0 Å². The first-order chi connectivity index (χ1) is 7.09. The molecule has 0 fully saturated rings. The second-order valence-corrected chi connectivity index (χ2v) is 3.65. The van der Waals surface area contributed by atoms with Crippen molar-refractivity contribution in [3.63, 3.8) is 0 Å². The molecule has 1 aromatic rings. The van der Waals surface area contributed by atoms with Crippen LogP contribution in [-0.2, 0) is 4.79 Å². The molecule has 15 heavy (non-hydrogen) atoms. The molecule has 1 atom stereocenters. The third kappa shape index (κ3) is 4.14. The van der Waals surface area contributed by atoms with Crippen LogP contribution >= 0.6 is 11.6 Å². The van der Waals surface area contributed by atoms with E-state index in [-0.39, 0.29) is 6.42 Å². The minimum absolute atomic E-state index is 0.0577. The zero-order chi connectivity index (χ0) is 11.3. The topological polar surface area (TPSA) is 69.1 Å². The Labute approximate surface area is 93.7 Å². The standard InChI is InChI=1S/C11H13ClN2O/c12-9(10(13)7-11(14)15)6-8-4-2-1-3-5-8/h1-6,10H,7,13H2,(H2,14,15)/b9-6+. The number of halogens is 1. The van der Waals surface area contributed by atoms with Crippen molar-refractivity contribution in [1.29, 1.82) is 0 Å². The Bertz CT molecular complexity index is 362. The summed E-state index contributed by atoms with van der Waals surface area (Å²) in [5, 5.41) is 0.431. The molecule has 1 aromatic carbocycles. The highest BCUT2D eigenvalue weighted by Gasteiger charge is 2.09. The van der Waals surface area contributed by atoms with Crippen molar-refractivity contribution in [2.45, 2.75) is 12.5 Å². The van der Waals surface area contributed by atoms with E-state index in [4.69, 9.17) is 23.1 Å². The molecule has 3 nitrogen and oxygen atoms in total. The van der Waals surface area contributed by atoms with E-state index in [9.17, 15) is 4.79 Å². The molecule has 1 unspecified atom stereocenters. The first kappa shape index (κ1) is 11.8. The van der Waals surface area contributed by atoms with Gasteiger partial charge in [-0.25, -0.2) is 0 Å². The third-order valence-electron chi connectivity index (χ3n) is 1.88. The molecule has 1 amide bonds. The molecule has 80 valence electrons. The average molecular weight is 225 g/mol. The molecule has 4 N–H and O–H groups in total. The molecular weight excluding hydrogens is 212 g/mol. The number of primary amides is 1. The number of rotatable bonds is 4. The minimum Gasteiger partial charge on any atom is -0.370 e. The van der Waals surface area contributed by atoms with E-state index < -0.39 is 11.9 Å². The lowest BCUT2D eigenvalue weighted by Crippen LogP contribution is -2.27. The minimum atomic E-state index is -0.524. The number of nitrogens with two attached hydrogens (primary N) is 2. The van der Waals surface area contributed by atoms with Gasteiger partial charge in [0, 0.05) is 17.5 Å². The van der Waals surface area contributed by atoms with Crippen LogP contribution in [0, 0.1) is 0 Å². The summed E-state index contributed by atoms with van der Waals surface area (Å²) in [4.78, 5) is 10.6. The molecule has 0 aliphatic heterocycles. The lowest BCUT2D eigenvalue weighted by molar-refractivity contribution is -0.118. The SMILES string of the molecule is NC(=O)CC(N)/C(Cl)=C\c1ccccc1. The van der Waals surface area contributed by atoms with E-state index >= 15 is 0 Å². The Kier molecular flexibility index (Phi) is 4.34. The van der Waals surface area contributed by atoms with Gasteiger partial charge in [-0.1, -0.05) is 41.9 Å². The summed E-state index contributed by atoms with van der Waals surface area (Å²) in [5.41, 5.74) is 11.6. The first-order valence-electron chi connectivity index (χ1n) is 4.55. The van der Waals surface area contributed by atoms with Gasteiger partial charge in [-0.05, 0) is 11.6 Å². The Hall–Kier alpha value is -1.32. The van der Waals surface area contributed by atoms with Crippen molar-refractivity contribution < 1.29 is 4.79 Å². The van der Waals surface area contributed by atoms with Crippen LogP contribution < -0.4 is 11.5 Å². The van der Waals surface area contributed by atoms with Crippen molar-refractivity contribution in [2.75, 3.05) is 0 Å². The Morgan fingerprint density at radius 1 is 1.40 bits per heavy atom. The molecule has 0 aliphatic carbocycles. The van der Waals surface area contributed by atoms with E-state index in [0.717, 1.165) is 5.56 Å². The predicted molar refractivity (Wildman–Crippen MR) is 62.1 cm³/mol. The Balaban J connectivity index is 2.71. The number of carbonyl (C=O) groups is 1. The summed E-state index contributed by atoms with van der Waals surface area (Å²) >= 11 is 5.94. The number of amides is 1. The van der Waals surface area contributed by atoms with Crippen LogP contribution in [0.1, 0.15) is 12.0 Å². The zero-order valence-electron chi connectivity index (χ0n) is 8.19. The molecule has 0 aliphatic rings. The molecule has 0 bridgehead atoms. The maximum absolute atomic E-state index is 10.6. The van der Waals surface area contributed by atoms with Gasteiger partial charge >= 0.3 is 0 Å². The molecule has 0 heterocycles. The van der Waals surface area contributed by atoms with Crippen molar-refractivity contribution in [3.8, 4) is 0 Å². The molecule has 4 heteroatoms. The summed E-state index contributed by atoms with van der Waals surface area (Å²) in [5.74, 6) is -0.456. The smallest absolute Gasteiger partial charge is 0.219 e. The van der Waals surface area contributed by atoms with Crippen LogP contribution in [-0.4, -0.2) is 11.9 Å². The number of hydrogen-bond donors (Lipinski definition) is 2. The quantitative estimate of drug-likeness (QED) is 0.813. The van der Waals surface area contributed by atoms with E-state index in [0.29, 0.717) is 5.03 Å². The first-order valence-corrected chi connectivity index (χ1v) is 4.93. The fourth-order valence-electron chi connectivity index (χ4n) is 1.13. The summed E-state index contributed by atoms with van der Waals surface area (Å²) in [6, 6.07) is 8.99. The van der Waals surface area contributed by atoms with E-state index in [2.05, 4.69) is 0 Å². The third-order valence-corrected chi connectivity index (χ3v) is 2.27.